The Labute approximate surface area is 205 Å². The van der Waals surface area contributed by atoms with Crippen molar-refractivity contribution < 1.29 is 19.1 Å². The van der Waals surface area contributed by atoms with Crippen molar-refractivity contribution in [3.8, 4) is 0 Å². The number of urea groups is 1. The number of methoxy groups -OCH3 is 1. The maximum absolute atomic E-state index is 13.4. The lowest BCUT2D eigenvalue weighted by Gasteiger charge is -2.42. The lowest BCUT2D eigenvalue weighted by Crippen LogP contribution is -2.57. The fraction of sp³-hybridized carbons (Fsp3) is 0.462. The summed E-state index contributed by atoms with van der Waals surface area (Å²) in [7, 11) is 1.66. The molecule has 0 radical (unpaired) electrons. The van der Waals surface area contributed by atoms with Crippen molar-refractivity contribution >= 4 is 23.7 Å². The number of piperazine rings is 1. The maximum atomic E-state index is 13.4. The Morgan fingerprint density at radius 3 is 2.49 bits per heavy atom. The lowest BCUT2D eigenvalue weighted by molar-refractivity contribution is -0.125. The van der Waals surface area contributed by atoms with E-state index >= 15 is 0 Å². The highest BCUT2D eigenvalue weighted by atomic mass is 16.5. The van der Waals surface area contributed by atoms with Gasteiger partial charge in [0, 0.05) is 38.5 Å². The number of aryl methyl sites for hydroxylation is 2. The van der Waals surface area contributed by atoms with Crippen molar-refractivity contribution in [3.05, 3.63) is 58.8 Å². The van der Waals surface area contributed by atoms with Gasteiger partial charge in [-0.2, -0.15) is 0 Å². The average Bonchev–Trinajstić information content (AvgIpc) is 3.14. The number of aromatic nitrogens is 1. The smallest absolute Gasteiger partial charge is 0.322 e. The molecule has 2 N–H and O–H groups in total. The fourth-order valence-corrected chi connectivity index (χ4v) is 5.13. The van der Waals surface area contributed by atoms with Crippen LogP contribution in [0.25, 0.3) is 0 Å². The quantitative estimate of drug-likeness (QED) is 0.617. The van der Waals surface area contributed by atoms with Gasteiger partial charge in [0.25, 0.3) is 11.8 Å². The molecule has 0 bridgehead atoms. The van der Waals surface area contributed by atoms with Crippen molar-refractivity contribution in [3.63, 3.8) is 0 Å². The molecule has 35 heavy (non-hydrogen) atoms. The van der Waals surface area contributed by atoms with Crippen LogP contribution in [0.2, 0.25) is 0 Å². The van der Waals surface area contributed by atoms with Crippen LogP contribution in [0, 0.1) is 19.8 Å². The molecule has 4 rings (SSSR count). The maximum Gasteiger partial charge on any atom is 0.322 e. The van der Waals surface area contributed by atoms with Crippen molar-refractivity contribution in [1.29, 1.82) is 0 Å². The van der Waals surface area contributed by atoms with Gasteiger partial charge in [-0.25, -0.2) is 9.78 Å². The second-order valence-electron chi connectivity index (χ2n) is 9.66. The molecule has 9 heteroatoms. The first kappa shape index (κ1) is 24.7. The highest BCUT2D eigenvalue weighted by Gasteiger charge is 2.50. The van der Waals surface area contributed by atoms with Gasteiger partial charge >= 0.3 is 6.03 Å². The molecule has 2 aromatic rings. The molecule has 2 fully saturated rings. The minimum atomic E-state index is -1.15. The summed E-state index contributed by atoms with van der Waals surface area (Å²) in [5.74, 6) is 0.293. The van der Waals surface area contributed by atoms with Gasteiger partial charge in [0.05, 0.1) is 12.6 Å². The number of imide groups is 1. The van der Waals surface area contributed by atoms with E-state index in [1.54, 1.807) is 31.4 Å². The van der Waals surface area contributed by atoms with Crippen LogP contribution >= 0.6 is 0 Å². The van der Waals surface area contributed by atoms with Crippen LogP contribution in [0.3, 0.4) is 0 Å². The third-order valence-electron chi connectivity index (χ3n) is 6.94. The molecular formula is C26H33N5O4. The van der Waals surface area contributed by atoms with E-state index in [0.717, 1.165) is 16.9 Å². The number of hydrogen-bond donors (Lipinski definition) is 2. The van der Waals surface area contributed by atoms with Crippen LogP contribution in [0.1, 0.15) is 40.9 Å². The second kappa shape index (κ2) is 9.65. The minimum absolute atomic E-state index is 0.0208. The first-order valence-corrected chi connectivity index (χ1v) is 11.9. The summed E-state index contributed by atoms with van der Waals surface area (Å²) in [6, 6.07) is 8.53. The molecular weight excluding hydrogens is 446 g/mol. The Morgan fingerprint density at radius 2 is 1.91 bits per heavy atom. The van der Waals surface area contributed by atoms with Gasteiger partial charge in [0.15, 0.2) is 0 Å². The molecule has 1 aromatic heterocycles. The Hall–Kier alpha value is -3.46. The van der Waals surface area contributed by atoms with Gasteiger partial charge in [-0.1, -0.05) is 32.0 Å². The zero-order valence-corrected chi connectivity index (χ0v) is 20.9. The lowest BCUT2D eigenvalue weighted by atomic mass is 9.79. The van der Waals surface area contributed by atoms with Crippen LogP contribution in [-0.4, -0.2) is 67.1 Å². The Bertz CT molecular complexity index is 1130. The monoisotopic (exact) mass is 479 g/mol. The van der Waals surface area contributed by atoms with E-state index in [4.69, 9.17) is 4.74 Å². The first-order chi connectivity index (χ1) is 16.7. The third kappa shape index (κ3) is 4.48. The van der Waals surface area contributed by atoms with Gasteiger partial charge < -0.3 is 19.9 Å². The Balaban J connectivity index is 1.53. The van der Waals surface area contributed by atoms with E-state index in [1.165, 1.54) is 0 Å². The summed E-state index contributed by atoms with van der Waals surface area (Å²) in [6.45, 7) is 10.0. The standard InChI is InChI=1S/C26H33N5O4/c1-16(2)26(24(33)28-25(34)29-26)20-8-6-19(7-9-20)23(32)30-10-11-31(21(14-30)15-35-5)22-18(4)12-17(3)13-27-22/h6-9,12-13,16,21H,10-11,14-15H2,1-5H3,(H2,28,29,33,34)/t21?,26-/m1/s1. The number of hydrogen-bond acceptors (Lipinski definition) is 6. The number of nitrogens with zero attached hydrogens (tertiary/aromatic N) is 3. The van der Waals surface area contributed by atoms with E-state index in [2.05, 4.69) is 33.5 Å². The van der Waals surface area contributed by atoms with Crippen LogP contribution in [0.5, 0.6) is 0 Å². The second-order valence-corrected chi connectivity index (χ2v) is 9.66. The predicted octanol–water partition coefficient (Wildman–Crippen LogP) is 2.37. The highest BCUT2D eigenvalue weighted by Crippen LogP contribution is 2.33. The van der Waals surface area contributed by atoms with Crippen LogP contribution < -0.4 is 15.5 Å². The van der Waals surface area contributed by atoms with Crippen molar-refractivity contribution in [2.24, 2.45) is 5.92 Å². The molecule has 0 saturated carbocycles. The topological polar surface area (TPSA) is 104 Å². The van der Waals surface area contributed by atoms with Crippen LogP contribution in [0.4, 0.5) is 10.6 Å². The number of carbonyl (C=O) groups is 3. The van der Waals surface area contributed by atoms with Crippen molar-refractivity contribution in [2.75, 3.05) is 38.3 Å². The average molecular weight is 480 g/mol. The van der Waals surface area contributed by atoms with E-state index in [9.17, 15) is 14.4 Å². The molecule has 3 heterocycles. The van der Waals surface area contributed by atoms with Crippen molar-refractivity contribution in [2.45, 2.75) is 39.3 Å². The largest absolute Gasteiger partial charge is 0.382 e. The third-order valence-corrected chi connectivity index (χ3v) is 6.94. The first-order valence-electron chi connectivity index (χ1n) is 11.9. The summed E-state index contributed by atoms with van der Waals surface area (Å²) in [6.07, 6.45) is 1.86. The van der Waals surface area contributed by atoms with Gasteiger partial charge in [0.2, 0.25) is 0 Å². The van der Waals surface area contributed by atoms with Crippen molar-refractivity contribution in [1.82, 2.24) is 20.5 Å². The summed E-state index contributed by atoms with van der Waals surface area (Å²) < 4.78 is 5.48. The van der Waals surface area contributed by atoms with Crippen LogP contribution in [-0.2, 0) is 15.1 Å². The number of carbonyl (C=O) groups excluding carboxylic acids is 3. The molecule has 2 saturated heterocycles. The fourth-order valence-electron chi connectivity index (χ4n) is 5.13. The van der Waals surface area contributed by atoms with Gasteiger partial charge in [0.1, 0.15) is 11.4 Å². The van der Waals surface area contributed by atoms with E-state index in [1.807, 2.05) is 31.9 Å². The molecule has 186 valence electrons. The SMILES string of the molecule is COCC1CN(C(=O)c2ccc([C@@]3(C(C)C)NC(=O)NC3=O)cc2)CCN1c1ncc(C)cc1C. The van der Waals surface area contributed by atoms with E-state index < -0.39 is 11.6 Å². The molecule has 0 aliphatic carbocycles. The number of pyridine rings is 1. The molecule has 1 aromatic carbocycles. The summed E-state index contributed by atoms with van der Waals surface area (Å²) in [5.41, 5.74) is 2.25. The summed E-state index contributed by atoms with van der Waals surface area (Å²) >= 11 is 0. The minimum Gasteiger partial charge on any atom is -0.382 e. The molecule has 2 aliphatic rings. The van der Waals surface area contributed by atoms with E-state index in [0.29, 0.717) is 37.4 Å². The summed E-state index contributed by atoms with van der Waals surface area (Å²) in [4.78, 5) is 46.5. The predicted molar refractivity (Wildman–Crippen MR) is 132 cm³/mol. The number of benzene rings is 1. The zero-order valence-electron chi connectivity index (χ0n) is 20.9. The highest BCUT2D eigenvalue weighted by molar-refractivity contribution is 6.07. The number of rotatable bonds is 6. The molecule has 9 nitrogen and oxygen atoms in total. The number of anilines is 1. The molecule has 4 amide bonds. The Kier molecular flexibility index (Phi) is 6.80. The Morgan fingerprint density at radius 1 is 1.20 bits per heavy atom. The number of amides is 4. The van der Waals surface area contributed by atoms with Gasteiger partial charge in [-0.3, -0.25) is 14.9 Å². The van der Waals surface area contributed by atoms with Gasteiger partial charge in [-0.05, 0) is 48.6 Å². The zero-order chi connectivity index (χ0) is 25.3. The molecule has 2 atom stereocenters. The normalized spacial score (nSPS) is 22.4. The molecule has 0 spiro atoms. The van der Waals surface area contributed by atoms with Crippen LogP contribution in [0.15, 0.2) is 36.5 Å². The molecule has 1 unspecified atom stereocenters. The summed E-state index contributed by atoms with van der Waals surface area (Å²) in [5, 5.41) is 5.11. The van der Waals surface area contributed by atoms with Gasteiger partial charge in [-0.15, -0.1) is 0 Å². The molecule has 2 aliphatic heterocycles. The number of nitrogens with one attached hydrogen (secondary N) is 2. The number of ether oxygens (including phenoxy) is 1. The van der Waals surface area contributed by atoms with E-state index in [-0.39, 0.29) is 23.8 Å².